The largest absolute Gasteiger partial charge is 0.318 e. The first-order valence-electron chi connectivity index (χ1n) is 4.63. The van der Waals surface area contributed by atoms with E-state index in [0.717, 1.165) is 6.26 Å². The minimum absolute atomic E-state index is 0.0486. The van der Waals surface area contributed by atoms with Crippen molar-refractivity contribution in [3.63, 3.8) is 0 Å². The molecule has 0 atom stereocenters. The minimum Gasteiger partial charge on any atom is -0.318 e. The van der Waals surface area contributed by atoms with Crippen LogP contribution < -0.4 is 0 Å². The summed E-state index contributed by atoms with van der Waals surface area (Å²) in [5.41, 5.74) is 1.41. The van der Waals surface area contributed by atoms with Crippen molar-refractivity contribution in [1.29, 1.82) is 0 Å². The van der Waals surface area contributed by atoms with Crippen LogP contribution in [-0.4, -0.2) is 24.2 Å². The highest BCUT2D eigenvalue weighted by Gasteiger charge is 2.17. The molecule has 0 aliphatic carbocycles. The number of sulfone groups is 1. The predicted octanol–water partition coefficient (Wildman–Crippen LogP) is 1.42. The molecule has 86 valence electrons. The van der Waals surface area contributed by atoms with Crippen molar-refractivity contribution in [2.45, 2.75) is 12.1 Å². The van der Waals surface area contributed by atoms with Crippen LogP contribution in [-0.2, 0) is 16.9 Å². The zero-order valence-electron chi connectivity index (χ0n) is 9.15. The monoisotopic (exact) mass is 242 g/mol. The fourth-order valence-corrected chi connectivity index (χ4v) is 2.49. The summed E-state index contributed by atoms with van der Waals surface area (Å²) in [6.07, 6.45) is 1.08. The Labute approximate surface area is 92.6 Å². The quantitative estimate of drug-likeness (QED) is 0.760. The van der Waals surface area contributed by atoms with E-state index < -0.39 is 9.84 Å². The highest BCUT2D eigenvalue weighted by molar-refractivity contribution is 7.90. The number of hydrogen-bond acceptors (Lipinski definition) is 3. The van der Waals surface area contributed by atoms with Gasteiger partial charge in [0.05, 0.1) is 11.0 Å². The van der Waals surface area contributed by atoms with Crippen molar-refractivity contribution in [2.75, 3.05) is 6.26 Å². The number of imidazole rings is 1. The third-order valence-corrected chi connectivity index (χ3v) is 3.48. The molecule has 1 aromatic carbocycles. The summed E-state index contributed by atoms with van der Waals surface area (Å²) in [5, 5.41) is -0.0486. The molecule has 6 heteroatoms. The molecule has 0 aliphatic rings. The molecule has 0 saturated heterocycles. The van der Waals surface area contributed by atoms with Gasteiger partial charge in [-0.3, -0.25) is 0 Å². The Balaban J connectivity index is 2.89. The van der Waals surface area contributed by atoms with Crippen LogP contribution in [0.5, 0.6) is 0 Å². The van der Waals surface area contributed by atoms with E-state index in [2.05, 4.69) is 4.98 Å². The molecule has 4 nitrogen and oxygen atoms in total. The molecule has 1 aromatic heterocycles. The Morgan fingerprint density at radius 3 is 2.56 bits per heavy atom. The maximum atomic E-state index is 13.3. The summed E-state index contributed by atoms with van der Waals surface area (Å²) in [5.74, 6) is -0.365. The van der Waals surface area contributed by atoms with Gasteiger partial charge < -0.3 is 4.57 Å². The maximum absolute atomic E-state index is 13.3. The van der Waals surface area contributed by atoms with Gasteiger partial charge in [0.25, 0.3) is 0 Å². The van der Waals surface area contributed by atoms with E-state index in [-0.39, 0.29) is 11.0 Å². The Bertz CT molecular complexity index is 674. The smallest absolute Gasteiger partial charge is 0.228 e. The van der Waals surface area contributed by atoms with Gasteiger partial charge in [-0.25, -0.2) is 17.8 Å². The van der Waals surface area contributed by atoms with Crippen LogP contribution in [0.1, 0.15) is 5.56 Å². The number of halogens is 1. The van der Waals surface area contributed by atoms with Crippen LogP contribution in [0.25, 0.3) is 11.0 Å². The Kier molecular flexibility index (Phi) is 2.27. The number of aryl methyl sites for hydroxylation is 2. The minimum atomic E-state index is -3.39. The third-order valence-electron chi connectivity index (χ3n) is 2.45. The van der Waals surface area contributed by atoms with E-state index in [1.165, 1.54) is 10.6 Å². The molecule has 2 rings (SSSR count). The summed E-state index contributed by atoms with van der Waals surface area (Å²) in [7, 11) is -1.84. The van der Waals surface area contributed by atoms with Crippen LogP contribution in [0, 0.1) is 12.7 Å². The Morgan fingerprint density at radius 2 is 2.00 bits per heavy atom. The molecule has 1 heterocycles. The number of hydrogen-bond donors (Lipinski definition) is 0. The highest BCUT2D eigenvalue weighted by atomic mass is 32.2. The van der Waals surface area contributed by atoms with Crippen molar-refractivity contribution in [3.05, 3.63) is 23.5 Å². The summed E-state index contributed by atoms with van der Waals surface area (Å²) in [6, 6.07) is 2.84. The van der Waals surface area contributed by atoms with Crippen molar-refractivity contribution < 1.29 is 12.8 Å². The van der Waals surface area contributed by atoms with Gasteiger partial charge in [-0.1, -0.05) is 0 Å². The van der Waals surface area contributed by atoms with E-state index in [0.29, 0.717) is 16.6 Å². The van der Waals surface area contributed by atoms with Gasteiger partial charge in [-0.2, -0.15) is 0 Å². The van der Waals surface area contributed by atoms with Crippen molar-refractivity contribution >= 4 is 20.9 Å². The second-order valence-corrected chi connectivity index (χ2v) is 5.73. The zero-order chi connectivity index (χ0) is 12.1. The second-order valence-electron chi connectivity index (χ2n) is 3.82. The molecule has 0 aliphatic heterocycles. The van der Waals surface area contributed by atoms with Gasteiger partial charge in [0.1, 0.15) is 5.82 Å². The van der Waals surface area contributed by atoms with E-state index >= 15 is 0 Å². The van der Waals surface area contributed by atoms with Gasteiger partial charge in [0.2, 0.25) is 15.0 Å². The first-order valence-corrected chi connectivity index (χ1v) is 6.52. The van der Waals surface area contributed by atoms with Crippen LogP contribution in [0.2, 0.25) is 0 Å². The maximum Gasteiger partial charge on any atom is 0.228 e. The van der Waals surface area contributed by atoms with E-state index in [4.69, 9.17) is 0 Å². The molecular formula is C10H11FN2O2S. The zero-order valence-corrected chi connectivity index (χ0v) is 9.97. The number of benzene rings is 1. The topological polar surface area (TPSA) is 52.0 Å². The van der Waals surface area contributed by atoms with Crippen LogP contribution in [0.3, 0.4) is 0 Å². The molecule has 0 radical (unpaired) electrons. The molecule has 0 unspecified atom stereocenters. The van der Waals surface area contributed by atoms with Gasteiger partial charge in [-0.05, 0) is 18.6 Å². The summed E-state index contributed by atoms with van der Waals surface area (Å²) in [6.45, 7) is 1.61. The van der Waals surface area contributed by atoms with Crippen molar-refractivity contribution in [3.8, 4) is 0 Å². The van der Waals surface area contributed by atoms with Crippen molar-refractivity contribution in [1.82, 2.24) is 9.55 Å². The predicted molar refractivity (Wildman–Crippen MR) is 58.5 cm³/mol. The lowest BCUT2D eigenvalue weighted by Crippen LogP contribution is -2.05. The average molecular weight is 242 g/mol. The molecule has 0 saturated carbocycles. The number of aromatic nitrogens is 2. The molecule has 0 N–H and O–H groups in total. The normalized spacial score (nSPS) is 12.2. The fraction of sp³-hybridized carbons (Fsp3) is 0.300. The van der Waals surface area contributed by atoms with E-state index in [1.54, 1.807) is 20.0 Å². The lowest BCUT2D eigenvalue weighted by molar-refractivity contribution is 0.586. The van der Waals surface area contributed by atoms with Crippen molar-refractivity contribution in [2.24, 2.45) is 7.05 Å². The number of rotatable bonds is 1. The summed E-state index contributed by atoms with van der Waals surface area (Å²) in [4.78, 5) is 3.99. The van der Waals surface area contributed by atoms with Gasteiger partial charge in [-0.15, -0.1) is 0 Å². The van der Waals surface area contributed by atoms with Gasteiger partial charge in [0, 0.05) is 19.4 Å². The molecule has 0 amide bonds. The Hall–Kier alpha value is -1.43. The SMILES string of the molecule is Cc1cc2nc(S(C)(=O)=O)n(C)c2cc1F. The molecule has 2 aromatic rings. The first kappa shape index (κ1) is 11.1. The van der Waals surface area contributed by atoms with Crippen LogP contribution >= 0.6 is 0 Å². The molecule has 0 fully saturated rings. The van der Waals surface area contributed by atoms with E-state index in [1.807, 2.05) is 0 Å². The van der Waals surface area contributed by atoms with Crippen LogP contribution in [0.15, 0.2) is 17.3 Å². The summed E-state index contributed by atoms with van der Waals surface area (Å²) < 4.78 is 37.6. The van der Waals surface area contributed by atoms with E-state index in [9.17, 15) is 12.8 Å². The van der Waals surface area contributed by atoms with Gasteiger partial charge >= 0.3 is 0 Å². The molecule has 16 heavy (non-hydrogen) atoms. The average Bonchev–Trinajstić information content (AvgIpc) is 2.45. The Morgan fingerprint density at radius 1 is 1.38 bits per heavy atom. The lowest BCUT2D eigenvalue weighted by Gasteiger charge is -1.99. The summed E-state index contributed by atoms with van der Waals surface area (Å²) >= 11 is 0. The lowest BCUT2D eigenvalue weighted by atomic mass is 10.2. The number of nitrogens with zero attached hydrogens (tertiary/aromatic N) is 2. The number of fused-ring (bicyclic) bond motifs is 1. The van der Waals surface area contributed by atoms with Gasteiger partial charge in [0.15, 0.2) is 0 Å². The highest BCUT2D eigenvalue weighted by Crippen LogP contribution is 2.21. The third kappa shape index (κ3) is 1.59. The first-order chi connectivity index (χ1) is 7.30. The van der Waals surface area contributed by atoms with Crippen LogP contribution in [0.4, 0.5) is 4.39 Å². The standard InChI is InChI=1S/C10H11FN2O2S/c1-6-4-8-9(5-7(6)11)13(2)10(12-8)16(3,14)15/h4-5H,1-3H3. The second kappa shape index (κ2) is 3.28. The molecule has 0 spiro atoms. The molecule has 0 bridgehead atoms. The molecular weight excluding hydrogens is 231 g/mol. The fourth-order valence-electron chi connectivity index (χ4n) is 1.63.